The monoisotopic (exact) mass is 392 g/mol. The molecule has 0 saturated carbocycles. The first-order valence-corrected chi connectivity index (χ1v) is 9.63. The third-order valence-corrected chi connectivity index (χ3v) is 5.18. The minimum absolute atomic E-state index is 0.165. The highest BCUT2D eigenvalue weighted by atomic mass is 16.5. The van der Waals surface area contributed by atoms with Crippen molar-refractivity contribution in [1.29, 1.82) is 0 Å². The van der Waals surface area contributed by atoms with Crippen LogP contribution in [0.4, 0.5) is 5.69 Å². The predicted octanol–water partition coefficient (Wildman–Crippen LogP) is 2.20. The molecule has 3 aromatic rings. The molecule has 3 heterocycles. The zero-order chi connectivity index (χ0) is 20.2. The molecule has 8 heteroatoms. The highest BCUT2D eigenvalue weighted by Crippen LogP contribution is 2.25. The summed E-state index contributed by atoms with van der Waals surface area (Å²) in [5.41, 5.74) is 2.57. The van der Waals surface area contributed by atoms with Gasteiger partial charge in [-0.3, -0.25) is 9.78 Å². The molecule has 2 aromatic heterocycles. The van der Waals surface area contributed by atoms with Crippen LogP contribution in [0.15, 0.2) is 53.3 Å². The van der Waals surface area contributed by atoms with Crippen molar-refractivity contribution in [2.75, 3.05) is 32.1 Å². The van der Waals surface area contributed by atoms with Crippen molar-refractivity contribution in [2.24, 2.45) is 0 Å². The van der Waals surface area contributed by atoms with Crippen molar-refractivity contribution < 1.29 is 9.32 Å². The lowest BCUT2D eigenvalue weighted by Crippen LogP contribution is -2.31. The summed E-state index contributed by atoms with van der Waals surface area (Å²) in [5.74, 6) is 0.633. The van der Waals surface area contributed by atoms with Gasteiger partial charge in [0.05, 0.1) is 12.1 Å². The molecule has 29 heavy (non-hydrogen) atoms. The van der Waals surface area contributed by atoms with Crippen molar-refractivity contribution in [3.63, 3.8) is 0 Å². The molecule has 0 aliphatic carbocycles. The summed E-state index contributed by atoms with van der Waals surface area (Å²) in [4.78, 5) is 25.1. The van der Waals surface area contributed by atoms with Gasteiger partial charge in [0, 0.05) is 42.8 Å². The maximum Gasteiger partial charge on any atom is 0.253 e. The van der Waals surface area contributed by atoms with Crippen LogP contribution >= 0.6 is 0 Å². The number of rotatable bonds is 6. The molecule has 150 valence electrons. The molecule has 1 aromatic carbocycles. The summed E-state index contributed by atoms with van der Waals surface area (Å²) < 4.78 is 5.27. The number of pyridine rings is 1. The van der Waals surface area contributed by atoms with E-state index in [-0.39, 0.29) is 12.5 Å². The van der Waals surface area contributed by atoms with Crippen molar-refractivity contribution in [2.45, 2.75) is 19.0 Å². The van der Waals surface area contributed by atoms with Gasteiger partial charge in [0.25, 0.3) is 5.91 Å². The number of hydrogen-bond acceptors (Lipinski definition) is 7. The summed E-state index contributed by atoms with van der Waals surface area (Å²) in [5, 5.41) is 6.78. The Labute approximate surface area is 169 Å². The Morgan fingerprint density at radius 2 is 2.10 bits per heavy atom. The van der Waals surface area contributed by atoms with Crippen LogP contribution in [0.5, 0.6) is 0 Å². The van der Waals surface area contributed by atoms with E-state index in [1.807, 2.05) is 12.1 Å². The third-order valence-electron chi connectivity index (χ3n) is 5.18. The van der Waals surface area contributed by atoms with E-state index < -0.39 is 0 Å². The lowest BCUT2D eigenvalue weighted by Gasteiger charge is -2.21. The van der Waals surface area contributed by atoms with E-state index in [0.717, 1.165) is 18.7 Å². The number of amides is 1. The average molecular weight is 392 g/mol. The van der Waals surface area contributed by atoms with E-state index in [9.17, 15) is 4.79 Å². The Morgan fingerprint density at radius 1 is 1.28 bits per heavy atom. The van der Waals surface area contributed by atoms with Crippen LogP contribution < -0.4 is 10.2 Å². The van der Waals surface area contributed by atoms with Crippen molar-refractivity contribution in [3.05, 3.63) is 60.2 Å². The number of benzene rings is 1. The van der Waals surface area contributed by atoms with Gasteiger partial charge in [-0.05, 0) is 56.9 Å². The minimum atomic E-state index is -0.233. The molecular weight excluding hydrogens is 368 g/mol. The summed E-state index contributed by atoms with van der Waals surface area (Å²) in [7, 11) is 4.26. The molecule has 1 N–H and O–H groups in total. The fourth-order valence-electron chi connectivity index (χ4n) is 3.42. The van der Waals surface area contributed by atoms with Gasteiger partial charge in [0.2, 0.25) is 11.7 Å². The smallest absolute Gasteiger partial charge is 0.253 e. The minimum Gasteiger partial charge on any atom is -0.370 e. The highest BCUT2D eigenvalue weighted by Gasteiger charge is 2.24. The Kier molecular flexibility index (Phi) is 5.53. The van der Waals surface area contributed by atoms with Gasteiger partial charge in [-0.25, -0.2) is 0 Å². The van der Waals surface area contributed by atoms with Crippen LogP contribution in [0.25, 0.3) is 11.4 Å². The lowest BCUT2D eigenvalue weighted by atomic mass is 10.2. The van der Waals surface area contributed by atoms with Crippen LogP contribution in [-0.2, 0) is 6.54 Å². The Hall–Kier alpha value is -3.26. The Balaban J connectivity index is 1.36. The average Bonchev–Trinajstić information content (AvgIpc) is 3.43. The number of anilines is 1. The van der Waals surface area contributed by atoms with E-state index in [1.54, 1.807) is 18.3 Å². The maximum atomic E-state index is 12.1. The van der Waals surface area contributed by atoms with E-state index in [4.69, 9.17) is 4.52 Å². The molecule has 1 aliphatic rings. The van der Waals surface area contributed by atoms with E-state index in [2.05, 4.69) is 56.5 Å². The normalized spacial score (nSPS) is 16.4. The van der Waals surface area contributed by atoms with E-state index >= 15 is 0 Å². The number of nitrogens with zero attached hydrogens (tertiary/aromatic N) is 5. The highest BCUT2D eigenvalue weighted by molar-refractivity contribution is 5.93. The first kappa shape index (κ1) is 19.1. The number of hydrogen-bond donors (Lipinski definition) is 1. The molecule has 0 radical (unpaired) electrons. The summed E-state index contributed by atoms with van der Waals surface area (Å²) in [6, 6.07) is 12.2. The van der Waals surface area contributed by atoms with Crippen LogP contribution in [-0.4, -0.2) is 59.2 Å². The van der Waals surface area contributed by atoms with Gasteiger partial charge < -0.3 is 19.6 Å². The van der Waals surface area contributed by atoms with E-state index in [1.165, 1.54) is 18.3 Å². The molecule has 1 aliphatic heterocycles. The Morgan fingerprint density at radius 3 is 2.79 bits per heavy atom. The van der Waals surface area contributed by atoms with Crippen LogP contribution in [0.3, 0.4) is 0 Å². The van der Waals surface area contributed by atoms with Gasteiger partial charge in [0.1, 0.15) is 0 Å². The zero-order valence-corrected chi connectivity index (χ0v) is 16.6. The quantitative estimate of drug-likeness (QED) is 0.688. The molecule has 1 saturated heterocycles. The molecular formula is C21H24N6O2. The topological polar surface area (TPSA) is 87.4 Å². The molecule has 1 amide bonds. The van der Waals surface area contributed by atoms with Crippen LogP contribution in [0.1, 0.15) is 22.7 Å². The van der Waals surface area contributed by atoms with Gasteiger partial charge in [0.15, 0.2) is 0 Å². The lowest BCUT2D eigenvalue weighted by molar-refractivity contribution is 0.0946. The summed E-state index contributed by atoms with van der Waals surface area (Å²) in [6.07, 6.45) is 4.31. The molecule has 0 bridgehead atoms. The second-order valence-corrected chi connectivity index (χ2v) is 7.34. The first-order chi connectivity index (χ1) is 14.1. The molecule has 8 nitrogen and oxygen atoms in total. The predicted molar refractivity (Wildman–Crippen MR) is 109 cm³/mol. The molecule has 1 fully saturated rings. The summed E-state index contributed by atoms with van der Waals surface area (Å²) >= 11 is 0. The number of nitrogens with one attached hydrogen (secondary N) is 1. The molecule has 0 spiro atoms. The van der Waals surface area contributed by atoms with Crippen LogP contribution in [0, 0.1) is 0 Å². The van der Waals surface area contributed by atoms with Gasteiger partial charge in [-0.2, -0.15) is 4.98 Å². The number of aromatic nitrogens is 3. The molecule has 1 atom stereocenters. The number of carbonyl (C=O) groups excluding carboxylic acids is 1. The van der Waals surface area contributed by atoms with Gasteiger partial charge in [-0.15, -0.1) is 0 Å². The fraction of sp³-hybridized carbons (Fsp3) is 0.333. The Bertz CT molecular complexity index is 955. The van der Waals surface area contributed by atoms with Crippen LogP contribution in [0.2, 0.25) is 0 Å². The van der Waals surface area contributed by atoms with Gasteiger partial charge >= 0.3 is 0 Å². The number of carbonyl (C=O) groups is 1. The maximum absolute atomic E-state index is 12.1. The van der Waals surface area contributed by atoms with E-state index in [0.29, 0.717) is 23.3 Å². The first-order valence-electron chi connectivity index (χ1n) is 9.63. The van der Waals surface area contributed by atoms with Crippen molar-refractivity contribution >= 4 is 11.6 Å². The zero-order valence-electron chi connectivity index (χ0n) is 16.6. The summed E-state index contributed by atoms with van der Waals surface area (Å²) in [6.45, 7) is 2.26. The van der Waals surface area contributed by atoms with Crippen molar-refractivity contribution in [1.82, 2.24) is 25.3 Å². The number of likely N-dealkylation sites (N-methyl/N-ethyl adjacent to an activating group) is 1. The fourth-order valence-corrected chi connectivity index (χ4v) is 3.42. The standard InChI is InChI=1S/C21H24N6O2/c1-26(2)18-9-11-27(14-18)17-7-5-15(6-8-17)20-24-19(29-25-20)13-23-21(28)16-4-3-10-22-12-16/h3-8,10,12,18H,9,11,13-14H2,1-2H3,(H,23,28). The van der Waals surface area contributed by atoms with Crippen molar-refractivity contribution in [3.8, 4) is 11.4 Å². The molecule has 1 unspecified atom stereocenters. The largest absolute Gasteiger partial charge is 0.370 e. The molecule has 4 rings (SSSR count). The second kappa shape index (κ2) is 8.40. The van der Waals surface area contributed by atoms with Gasteiger partial charge in [-0.1, -0.05) is 5.16 Å². The SMILES string of the molecule is CN(C)C1CCN(c2ccc(-c3noc(CNC(=O)c4cccnc4)n3)cc2)C1. The third kappa shape index (κ3) is 4.43. The second-order valence-electron chi connectivity index (χ2n) is 7.34.